The average molecular weight is 263 g/mol. The molecule has 4 nitrogen and oxygen atoms in total. The van der Waals surface area contributed by atoms with Gasteiger partial charge in [-0.15, -0.1) is 0 Å². The summed E-state index contributed by atoms with van der Waals surface area (Å²) in [6.45, 7) is 5.37. The van der Waals surface area contributed by atoms with Crippen LogP contribution < -0.4 is 5.32 Å². The van der Waals surface area contributed by atoms with Gasteiger partial charge in [-0.05, 0) is 43.2 Å². The van der Waals surface area contributed by atoms with Crippen molar-refractivity contribution in [2.45, 2.75) is 32.7 Å². The van der Waals surface area contributed by atoms with Crippen LogP contribution in [0.5, 0.6) is 0 Å². The van der Waals surface area contributed by atoms with Crippen molar-refractivity contribution in [2.75, 3.05) is 6.54 Å². The standard InChI is InChI=1S/C13H17N3OS/c1-8-3-4-14-11(5-8)13-15-12(16-17-13)10-7-18-6-9(10)2/h6-8,11,14H,3-5H2,1-2H3. The molecule has 1 aliphatic rings. The summed E-state index contributed by atoms with van der Waals surface area (Å²) in [7, 11) is 0. The third-order valence-corrected chi connectivity index (χ3v) is 4.36. The van der Waals surface area contributed by atoms with Gasteiger partial charge in [0.15, 0.2) is 0 Å². The molecule has 0 bridgehead atoms. The molecular weight excluding hydrogens is 246 g/mol. The van der Waals surface area contributed by atoms with E-state index in [0.717, 1.165) is 30.3 Å². The highest BCUT2D eigenvalue weighted by Crippen LogP contribution is 2.29. The normalized spacial score (nSPS) is 24.3. The number of rotatable bonds is 2. The Bertz CT molecular complexity index is 534. The molecule has 3 rings (SSSR count). The molecule has 2 unspecified atom stereocenters. The van der Waals surface area contributed by atoms with Crippen LogP contribution >= 0.6 is 11.3 Å². The lowest BCUT2D eigenvalue weighted by Crippen LogP contribution is -2.30. The summed E-state index contributed by atoms with van der Waals surface area (Å²) in [5, 5.41) is 11.7. The Morgan fingerprint density at radius 2 is 2.33 bits per heavy atom. The first-order valence-electron chi connectivity index (χ1n) is 6.34. The first-order chi connectivity index (χ1) is 8.74. The Kier molecular flexibility index (Phi) is 3.18. The van der Waals surface area contributed by atoms with Crippen LogP contribution in [-0.4, -0.2) is 16.7 Å². The van der Waals surface area contributed by atoms with Crippen molar-refractivity contribution in [3.05, 3.63) is 22.2 Å². The number of hydrogen-bond acceptors (Lipinski definition) is 5. The summed E-state index contributed by atoms with van der Waals surface area (Å²) in [5.41, 5.74) is 2.29. The molecule has 96 valence electrons. The second-order valence-electron chi connectivity index (χ2n) is 5.06. The molecule has 1 fully saturated rings. The Morgan fingerprint density at radius 1 is 1.44 bits per heavy atom. The van der Waals surface area contributed by atoms with Crippen molar-refractivity contribution in [3.63, 3.8) is 0 Å². The molecular formula is C13H17N3OS. The summed E-state index contributed by atoms with van der Waals surface area (Å²) in [4.78, 5) is 4.54. The third-order valence-electron chi connectivity index (χ3n) is 3.50. The van der Waals surface area contributed by atoms with E-state index in [9.17, 15) is 0 Å². The summed E-state index contributed by atoms with van der Waals surface area (Å²) in [6, 6.07) is 0.217. The summed E-state index contributed by atoms with van der Waals surface area (Å²) < 4.78 is 5.41. The molecule has 3 heterocycles. The highest BCUT2D eigenvalue weighted by molar-refractivity contribution is 7.08. The van der Waals surface area contributed by atoms with Crippen LogP contribution in [0, 0.1) is 12.8 Å². The topological polar surface area (TPSA) is 51.0 Å². The van der Waals surface area contributed by atoms with Crippen LogP contribution in [0.3, 0.4) is 0 Å². The lowest BCUT2D eigenvalue weighted by atomic mass is 9.94. The van der Waals surface area contributed by atoms with E-state index in [2.05, 4.69) is 40.1 Å². The molecule has 0 spiro atoms. The molecule has 0 aromatic carbocycles. The number of aryl methyl sites for hydroxylation is 1. The van der Waals surface area contributed by atoms with Crippen molar-refractivity contribution >= 4 is 11.3 Å². The molecule has 2 aromatic heterocycles. The Hall–Kier alpha value is -1.20. The molecule has 2 aromatic rings. The van der Waals surface area contributed by atoms with Crippen LogP contribution in [0.1, 0.15) is 37.3 Å². The minimum absolute atomic E-state index is 0.217. The lowest BCUT2D eigenvalue weighted by molar-refractivity contribution is 0.260. The number of piperidine rings is 1. The fraction of sp³-hybridized carbons (Fsp3) is 0.538. The van der Waals surface area contributed by atoms with Crippen LogP contribution in [0.25, 0.3) is 11.4 Å². The van der Waals surface area contributed by atoms with Gasteiger partial charge in [0.05, 0.1) is 6.04 Å². The van der Waals surface area contributed by atoms with Crippen LogP contribution in [-0.2, 0) is 0 Å². The highest BCUT2D eigenvalue weighted by atomic mass is 32.1. The molecule has 0 aliphatic carbocycles. The van der Waals surface area contributed by atoms with Gasteiger partial charge in [-0.2, -0.15) is 16.3 Å². The monoisotopic (exact) mass is 263 g/mol. The summed E-state index contributed by atoms with van der Waals surface area (Å²) in [5.74, 6) is 2.15. The molecule has 18 heavy (non-hydrogen) atoms. The first kappa shape index (κ1) is 11.9. The van der Waals surface area contributed by atoms with Crippen LogP contribution in [0.4, 0.5) is 0 Å². The van der Waals surface area contributed by atoms with Gasteiger partial charge in [0.1, 0.15) is 0 Å². The van der Waals surface area contributed by atoms with E-state index in [1.54, 1.807) is 11.3 Å². The largest absolute Gasteiger partial charge is 0.337 e. The molecule has 1 aliphatic heterocycles. The van der Waals surface area contributed by atoms with Gasteiger partial charge in [-0.1, -0.05) is 12.1 Å². The van der Waals surface area contributed by atoms with E-state index in [-0.39, 0.29) is 6.04 Å². The summed E-state index contributed by atoms with van der Waals surface area (Å²) >= 11 is 1.67. The van der Waals surface area contributed by atoms with Crippen molar-refractivity contribution < 1.29 is 4.52 Å². The van der Waals surface area contributed by atoms with Crippen molar-refractivity contribution in [3.8, 4) is 11.4 Å². The van der Waals surface area contributed by atoms with Gasteiger partial charge in [-0.3, -0.25) is 0 Å². The van der Waals surface area contributed by atoms with E-state index in [4.69, 9.17) is 4.52 Å². The number of aromatic nitrogens is 2. The minimum Gasteiger partial charge on any atom is -0.337 e. The Morgan fingerprint density at radius 3 is 3.06 bits per heavy atom. The fourth-order valence-electron chi connectivity index (χ4n) is 2.37. The molecule has 2 atom stereocenters. The second-order valence-corrected chi connectivity index (χ2v) is 5.80. The molecule has 1 saturated heterocycles. The third kappa shape index (κ3) is 2.20. The first-order valence-corrected chi connectivity index (χ1v) is 7.28. The quantitative estimate of drug-likeness (QED) is 0.904. The number of thiophene rings is 1. The van der Waals surface area contributed by atoms with Crippen molar-refractivity contribution in [1.29, 1.82) is 0 Å². The van der Waals surface area contributed by atoms with Crippen LogP contribution in [0.15, 0.2) is 15.3 Å². The predicted octanol–water partition coefficient (Wildman–Crippen LogP) is 3.17. The van der Waals surface area contributed by atoms with E-state index in [1.807, 2.05) is 0 Å². The molecule has 0 saturated carbocycles. The zero-order valence-electron chi connectivity index (χ0n) is 10.6. The highest BCUT2D eigenvalue weighted by Gasteiger charge is 2.25. The maximum Gasteiger partial charge on any atom is 0.244 e. The summed E-state index contributed by atoms with van der Waals surface area (Å²) in [6.07, 6.45) is 2.30. The lowest BCUT2D eigenvalue weighted by Gasteiger charge is -2.25. The van der Waals surface area contributed by atoms with Gasteiger partial charge in [-0.25, -0.2) is 0 Å². The predicted molar refractivity (Wildman–Crippen MR) is 71.5 cm³/mol. The smallest absolute Gasteiger partial charge is 0.244 e. The van der Waals surface area contributed by atoms with E-state index in [0.29, 0.717) is 5.82 Å². The van der Waals surface area contributed by atoms with Gasteiger partial charge >= 0.3 is 0 Å². The molecule has 0 radical (unpaired) electrons. The second kappa shape index (κ2) is 4.82. The zero-order valence-corrected chi connectivity index (χ0v) is 11.5. The SMILES string of the molecule is Cc1cscc1-c1noc(C2CC(C)CCN2)n1. The maximum absolute atomic E-state index is 5.41. The number of nitrogens with zero attached hydrogens (tertiary/aromatic N) is 2. The van der Waals surface area contributed by atoms with Gasteiger partial charge in [0.25, 0.3) is 0 Å². The van der Waals surface area contributed by atoms with Crippen LogP contribution in [0.2, 0.25) is 0 Å². The molecule has 0 amide bonds. The number of nitrogens with one attached hydrogen (secondary N) is 1. The van der Waals surface area contributed by atoms with E-state index >= 15 is 0 Å². The van der Waals surface area contributed by atoms with Gasteiger partial charge < -0.3 is 9.84 Å². The fourth-order valence-corrected chi connectivity index (χ4v) is 3.20. The van der Waals surface area contributed by atoms with Gasteiger partial charge in [0.2, 0.25) is 11.7 Å². The van der Waals surface area contributed by atoms with Crippen molar-refractivity contribution in [2.24, 2.45) is 5.92 Å². The molecule has 1 N–H and O–H groups in total. The Balaban J connectivity index is 1.83. The number of hydrogen-bond donors (Lipinski definition) is 1. The average Bonchev–Trinajstić information content (AvgIpc) is 2.97. The van der Waals surface area contributed by atoms with Crippen molar-refractivity contribution in [1.82, 2.24) is 15.5 Å². The van der Waals surface area contributed by atoms with E-state index < -0.39 is 0 Å². The van der Waals surface area contributed by atoms with E-state index in [1.165, 1.54) is 12.0 Å². The Labute approximate surface area is 110 Å². The molecule has 5 heteroatoms. The minimum atomic E-state index is 0.217. The van der Waals surface area contributed by atoms with Gasteiger partial charge in [0, 0.05) is 10.9 Å². The zero-order chi connectivity index (χ0) is 12.5. The maximum atomic E-state index is 5.41.